The number of rotatable bonds is 3. The molecule has 1 nitrogen and oxygen atoms in total. The van der Waals surface area contributed by atoms with Crippen molar-refractivity contribution in [3.8, 4) is 0 Å². The van der Waals surface area contributed by atoms with Gasteiger partial charge in [0.05, 0.1) is 0 Å². The van der Waals surface area contributed by atoms with E-state index in [9.17, 15) is 8.78 Å². The first-order valence-electron chi connectivity index (χ1n) is 4.80. The fourth-order valence-corrected chi connectivity index (χ4v) is 1.35. The third-order valence-electron chi connectivity index (χ3n) is 2.32. The Bertz CT molecular complexity index is 326. The quantitative estimate of drug-likeness (QED) is 0.783. The lowest BCUT2D eigenvalue weighted by atomic mass is 10.1. The number of nitrogens with one attached hydrogen (secondary N) is 1. The third kappa shape index (κ3) is 2.22. The molecule has 1 saturated carbocycles. The molecular formula is C11H13F2N. The van der Waals surface area contributed by atoms with Crippen molar-refractivity contribution in [2.24, 2.45) is 0 Å². The van der Waals surface area contributed by atoms with Crippen molar-refractivity contribution in [3.63, 3.8) is 0 Å². The van der Waals surface area contributed by atoms with Crippen LogP contribution in [-0.2, 0) is 5.92 Å². The molecule has 0 bridgehead atoms. The highest BCUT2D eigenvalue weighted by Crippen LogP contribution is 2.30. The van der Waals surface area contributed by atoms with E-state index < -0.39 is 5.92 Å². The van der Waals surface area contributed by atoms with Crippen molar-refractivity contribution in [1.29, 1.82) is 0 Å². The summed E-state index contributed by atoms with van der Waals surface area (Å²) in [4.78, 5) is 0. The summed E-state index contributed by atoms with van der Waals surface area (Å²) >= 11 is 0. The predicted molar refractivity (Wildman–Crippen MR) is 52.7 cm³/mol. The van der Waals surface area contributed by atoms with Gasteiger partial charge in [0.15, 0.2) is 0 Å². The summed E-state index contributed by atoms with van der Waals surface area (Å²) in [7, 11) is 0. The van der Waals surface area contributed by atoms with Gasteiger partial charge in [0.2, 0.25) is 0 Å². The highest BCUT2D eigenvalue weighted by Gasteiger charge is 2.25. The molecule has 1 aliphatic carbocycles. The molecule has 1 aromatic rings. The lowest BCUT2D eigenvalue weighted by molar-refractivity contribution is 0.0175. The smallest absolute Gasteiger partial charge is 0.270 e. The number of anilines is 1. The van der Waals surface area contributed by atoms with Gasteiger partial charge in [-0.1, -0.05) is 12.1 Å². The average molecular weight is 197 g/mol. The van der Waals surface area contributed by atoms with Crippen LogP contribution in [0.1, 0.15) is 25.3 Å². The van der Waals surface area contributed by atoms with Gasteiger partial charge in [-0.3, -0.25) is 0 Å². The van der Waals surface area contributed by atoms with Crippen LogP contribution in [0, 0.1) is 0 Å². The molecule has 1 aromatic carbocycles. The highest BCUT2D eigenvalue weighted by molar-refractivity contribution is 5.48. The topological polar surface area (TPSA) is 12.0 Å². The minimum absolute atomic E-state index is 0.0724. The summed E-state index contributed by atoms with van der Waals surface area (Å²) < 4.78 is 25.9. The summed E-state index contributed by atoms with van der Waals surface area (Å²) in [5, 5.41) is 3.20. The van der Waals surface area contributed by atoms with Gasteiger partial charge in [-0.05, 0) is 25.0 Å². The Balaban J connectivity index is 2.17. The molecule has 0 radical (unpaired) electrons. The molecule has 0 spiro atoms. The fourth-order valence-electron chi connectivity index (χ4n) is 1.35. The number of benzene rings is 1. The van der Waals surface area contributed by atoms with Gasteiger partial charge in [0.1, 0.15) is 0 Å². The normalized spacial score (nSPS) is 16.8. The Morgan fingerprint density at radius 2 is 2.07 bits per heavy atom. The Kier molecular flexibility index (Phi) is 2.17. The van der Waals surface area contributed by atoms with Crippen LogP contribution in [0.3, 0.4) is 0 Å². The number of hydrogen-bond acceptors (Lipinski definition) is 1. The molecule has 76 valence electrons. The molecule has 14 heavy (non-hydrogen) atoms. The molecule has 1 aliphatic rings. The van der Waals surface area contributed by atoms with Gasteiger partial charge in [-0.15, -0.1) is 0 Å². The van der Waals surface area contributed by atoms with E-state index in [0.717, 1.165) is 25.5 Å². The van der Waals surface area contributed by atoms with E-state index in [2.05, 4.69) is 5.32 Å². The van der Waals surface area contributed by atoms with Gasteiger partial charge in [-0.2, -0.15) is 0 Å². The Morgan fingerprint density at radius 1 is 1.36 bits per heavy atom. The van der Waals surface area contributed by atoms with Crippen molar-refractivity contribution >= 4 is 5.69 Å². The monoisotopic (exact) mass is 197 g/mol. The molecule has 2 rings (SSSR count). The van der Waals surface area contributed by atoms with E-state index in [1.165, 1.54) is 12.1 Å². The van der Waals surface area contributed by atoms with Gasteiger partial charge in [0.25, 0.3) is 5.92 Å². The number of hydrogen-bond donors (Lipinski definition) is 1. The van der Waals surface area contributed by atoms with E-state index in [0.29, 0.717) is 6.04 Å². The van der Waals surface area contributed by atoms with Crippen molar-refractivity contribution < 1.29 is 8.78 Å². The largest absolute Gasteiger partial charge is 0.382 e. The third-order valence-corrected chi connectivity index (χ3v) is 2.32. The van der Waals surface area contributed by atoms with Crippen molar-refractivity contribution in [2.75, 3.05) is 5.32 Å². The SMILES string of the molecule is CC(F)(F)c1cccc(NC2CC2)c1. The minimum atomic E-state index is -2.75. The predicted octanol–water partition coefficient (Wildman–Crippen LogP) is 3.37. The van der Waals surface area contributed by atoms with E-state index in [4.69, 9.17) is 0 Å². The molecule has 3 heteroatoms. The zero-order chi connectivity index (χ0) is 10.2. The summed E-state index contributed by atoms with van der Waals surface area (Å²) in [5.41, 5.74) is 0.870. The zero-order valence-corrected chi connectivity index (χ0v) is 8.06. The zero-order valence-electron chi connectivity index (χ0n) is 8.06. The molecular weight excluding hydrogens is 184 g/mol. The molecule has 0 heterocycles. The molecule has 1 N–H and O–H groups in total. The maximum absolute atomic E-state index is 13.0. The van der Waals surface area contributed by atoms with Crippen LogP contribution in [0.25, 0.3) is 0 Å². The molecule has 0 aliphatic heterocycles. The summed E-state index contributed by atoms with van der Waals surface area (Å²) in [6.45, 7) is 0.920. The average Bonchev–Trinajstić information content (AvgIpc) is 2.87. The fraction of sp³-hybridized carbons (Fsp3) is 0.455. The van der Waals surface area contributed by atoms with Gasteiger partial charge < -0.3 is 5.32 Å². The van der Waals surface area contributed by atoms with Crippen LogP contribution in [-0.4, -0.2) is 6.04 Å². The second-order valence-corrected chi connectivity index (χ2v) is 3.89. The second-order valence-electron chi connectivity index (χ2n) is 3.89. The van der Waals surface area contributed by atoms with E-state index in [1.807, 2.05) is 6.07 Å². The lowest BCUT2D eigenvalue weighted by Crippen LogP contribution is -2.08. The Hall–Kier alpha value is -1.12. The van der Waals surface area contributed by atoms with Crippen LogP contribution < -0.4 is 5.32 Å². The van der Waals surface area contributed by atoms with Crippen molar-refractivity contribution in [3.05, 3.63) is 29.8 Å². The number of alkyl halides is 2. The maximum Gasteiger partial charge on any atom is 0.270 e. The second kappa shape index (κ2) is 3.23. The Labute approximate surface area is 82.1 Å². The summed E-state index contributed by atoms with van der Waals surface area (Å²) in [6.07, 6.45) is 2.29. The summed E-state index contributed by atoms with van der Waals surface area (Å²) in [6, 6.07) is 6.97. The van der Waals surface area contributed by atoms with Crippen LogP contribution in [0.15, 0.2) is 24.3 Å². The van der Waals surface area contributed by atoms with E-state index >= 15 is 0 Å². The van der Waals surface area contributed by atoms with E-state index in [-0.39, 0.29) is 5.56 Å². The first kappa shape index (κ1) is 9.44. The van der Waals surface area contributed by atoms with Gasteiger partial charge in [0, 0.05) is 24.2 Å². The number of halogens is 2. The van der Waals surface area contributed by atoms with Gasteiger partial charge in [-0.25, -0.2) is 8.78 Å². The lowest BCUT2D eigenvalue weighted by Gasteiger charge is -2.12. The van der Waals surface area contributed by atoms with Crippen molar-refractivity contribution in [2.45, 2.75) is 31.7 Å². The summed E-state index contributed by atoms with van der Waals surface area (Å²) in [5.74, 6) is -2.75. The molecule has 0 unspecified atom stereocenters. The van der Waals surface area contributed by atoms with Gasteiger partial charge >= 0.3 is 0 Å². The molecule has 0 amide bonds. The standard InChI is InChI=1S/C11H13F2N/c1-11(12,13)8-3-2-4-10(7-8)14-9-5-6-9/h2-4,7,9,14H,5-6H2,1H3. The van der Waals surface area contributed by atoms with Crippen molar-refractivity contribution in [1.82, 2.24) is 0 Å². The van der Waals surface area contributed by atoms with Crippen LogP contribution >= 0.6 is 0 Å². The molecule has 0 saturated heterocycles. The first-order valence-corrected chi connectivity index (χ1v) is 4.80. The van der Waals surface area contributed by atoms with Crippen LogP contribution in [0.5, 0.6) is 0 Å². The highest BCUT2D eigenvalue weighted by atomic mass is 19.3. The Morgan fingerprint density at radius 3 is 2.64 bits per heavy atom. The van der Waals surface area contributed by atoms with Crippen LogP contribution in [0.2, 0.25) is 0 Å². The molecule has 0 atom stereocenters. The molecule has 0 aromatic heterocycles. The maximum atomic E-state index is 13.0. The first-order chi connectivity index (χ1) is 6.55. The minimum Gasteiger partial charge on any atom is -0.382 e. The van der Waals surface area contributed by atoms with Crippen LogP contribution in [0.4, 0.5) is 14.5 Å². The van der Waals surface area contributed by atoms with E-state index in [1.54, 1.807) is 6.07 Å². The molecule has 1 fully saturated rings.